The van der Waals surface area contributed by atoms with Crippen molar-refractivity contribution in [3.63, 3.8) is 0 Å². The van der Waals surface area contributed by atoms with Crippen molar-refractivity contribution >= 4 is 5.91 Å². The number of amides is 1. The van der Waals surface area contributed by atoms with Gasteiger partial charge in [-0.05, 0) is 31.9 Å². The Bertz CT molecular complexity index is 573. The first-order valence-corrected chi connectivity index (χ1v) is 7.83. The van der Waals surface area contributed by atoms with Gasteiger partial charge in [0, 0.05) is 32.4 Å². The second-order valence-corrected chi connectivity index (χ2v) is 6.32. The summed E-state index contributed by atoms with van der Waals surface area (Å²) in [5.74, 6) is 0.584. The van der Waals surface area contributed by atoms with Crippen LogP contribution in [0.1, 0.15) is 28.9 Å². The number of morpholine rings is 1. The maximum Gasteiger partial charge on any atom is 0.270 e. The van der Waals surface area contributed by atoms with Gasteiger partial charge in [-0.3, -0.25) is 4.79 Å². The first kappa shape index (κ1) is 15.1. The van der Waals surface area contributed by atoms with Crippen molar-refractivity contribution in [2.45, 2.75) is 18.9 Å². The molecule has 1 aromatic rings. The van der Waals surface area contributed by atoms with Crippen molar-refractivity contribution in [3.8, 4) is 6.07 Å². The lowest BCUT2D eigenvalue weighted by Gasteiger charge is -2.34. The Kier molecular flexibility index (Phi) is 4.46. The number of nitrogens with zero attached hydrogens (tertiary/aromatic N) is 3. The maximum absolute atomic E-state index is 12.7. The van der Waals surface area contributed by atoms with Crippen LogP contribution in [-0.2, 0) is 4.74 Å². The molecule has 1 amide bonds. The molecule has 1 aromatic heterocycles. The number of rotatable bonds is 5. The minimum absolute atomic E-state index is 0.0368. The Morgan fingerprint density at radius 2 is 2.36 bits per heavy atom. The summed E-state index contributed by atoms with van der Waals surface area (Å²) in [5.41, 5.74) is 0.977. The fourth-order valence-corrected chi connectivity index (χ4v) is 2.83. The Morgan fingerprint density at radius 1 is 1.55 bits per heavy atom. The third-order valence-electron chi connectivity index (χ3n) is 4.27. The van der Waals surface area contributed by atoms with Gasteiger partial charge >= 0.3 is 0 Å². The number of hydrogen-bond acceptors (Lipinski definition) is 4. The highest BCUT2D eigenvalue weighted by molar-refractivity contribution is 5.93. The van der Waals surface area contributed by atoms with Gasteiger partial charge in [-0.25, -0.2) is 0 Å². The van der Waals surface area contributed by atoms with E-state index < -0.39 is 0 Å². The molecule has 0 spiro atoms. The number of hydrogen-bond donors (Lipinski definition) is 1. The van der Waals surface area contributed by atoms with Crippen molar-refractivity contribution in [1.82, 2.24) is 14.8 Å². The zero-order valence-electron chi connectivity index (χ0n) is 12.9. The quantitative estimate of drug-likeness (QED) is 0.883. The number of aromatic amines is 1. The van der Waals surface area contributed by atoms with Crippen molar-refractivity contribution in [1.29, 1.82) is 5.26 Å². The molecule has 1 N–H and O–H groups in total. The average Bonchev–Trinajstić information content (AvgIpc) is 3.19. The highest BCUT2D eigenvalue weighted by Gasteiger charge is 2.30. The minimum Gasteiger partial charge on any atom is -0.374 e. The van der Waals surface area contributed by atoms with Gasteiger partial charge in [0.25, 0.3) is 5.91 Å². The lowest BCUT2D eigenvalue weighted by atomic mass is 10.2. The molecule has 2 heterocycles. The van der Waals surface area contributed by atoms with Gasteiger partial charge in [0.1, 0.15) is 11.8 Å². The number of carbonyl (C=O) groups is 1. The van der Waals surface area contributed by atoms with Crippen LogP contribution in [0.2, 0.25) is 0 Å². The summed E-state index contributed by atoms with van der Waals surface area (Å²) in [6, 6.07) is 3.67. The molecule has 6 heteroatoms. The average molecular weight is 302 g/mol. The monoisotopic (exact) mass is 302 g/mol. The van der Waals surface area contributed by atoms with Crippen molar-refractivity contribution < 1.29 is 9.53 Å². The molecule has 2 fully saturated rings. The van der Waals surface area contributed by atoms with E-state index in [4.69, 9.17) is 10.00 Å². The lowest BCUT2D eigenvalue weighted by molar-refractivity contribution is -0.0332. The molecule has 1 aliphatic carbocycles. The van der Waals surface area contributed by atoms with E-state index in [1.54, 1.807) is 12.3 Å². The van der Waals surface area contributed by atoms with E-state index in [1.807, 2.05) is 11.0 Å². The molecule has 0 bridgehead atoms. The second-order valence-electron chi connectivity index (χ2n) is 6.32. The van der Waals surface area contributed by atoms with E-state index >= 15 is 0 Å². The van der Waals surface area contributed by atoms with Gasteiger partial charge in [-0.15, -0.1) is 0 Å². The molecule has 0 radical (unpaired) electrons. The fourth-order valence-electron chi connectivity index (χ4n) is 2.83. The van der Waals surface area contributed by atoms with Crippen LogP contribution >= 0.6 is 0 Å². The van der Waals surface area contributed by atoms with Gasteiger partial charge in [0.05, 0.1) is 18.3 Å². The van der Waals surface area contributed by atoms with E-state index in [2.05, 4.69) is 16.9 Å². The van der Waals surface area contributed by atoms with Crippen molar-refractivity contribution in [3.05, 3.63) is 23.5 Å². The summed E-state index contributed by atoms with van der Waals surface area (Å²) in [6.45, 7) is 3.90. The van der Waals surface area contributed by atoms with Crippen molar-refractivity contribution in [2.24, 2.45) is 5.92 Å². The summed E-state index contributed by atoms with van der Waals surface area (Å²) < 4.78 is 5.80. The van der Waals surface area contributed by atoms with Gasteiger partial charge in [-0.1, -0.05) is 0 Å². The number of ether oxygens (including phenoxy) is 1. The van der Waals surface area contributed by atoms with Crippen LogP contribution in [0.3, 0.4) is 0 Å². The summed E-state index contributed by atoms with van der Waals surface area (Å²) in [7, 11) is 2.08. The highest BCUT2D eigenvalue weighted by atomic mass is 16.5. The number of nitrogens with one attached hydrogen (secondary N) is 1. The van der Waals surface area contributed by atoms with Crippen LogP contribution in [-0.4, -0.2) is 66.6 Å². The lowest BCUT2D eigenvalue weighted by Crippen LogP contribution is -2.48. The van der Waals surface area contributed by atoms with E-state index in [1.165, 1.54) is 12.8 Å². The SMILES string of the molecule is CN1CCO[C@H](CN(CC2CC2)C(=O)c2cc(C#N)c[nH]2)C1. The molecule has 2 aliphatic rings. The number of aromatic nitrogens is 1. The van der Waals surface area contributed by atoms with E-state index in [0.717, 1.165) is 19.6 Å². The third-order valence-corrected chi connectivity index (χ3v) is 4.27. The van der Waals surface area contributed by atoms with E-state index in [0.29, 0.717) is 30.3 Å². The number of H-pyrrole nitrogens is 1. The van der Waals surface area contributed by atoms with Crippen LogP contribution in [0.25, 0.3) is 0 Å². The molecule has 22 heavy (non-hydrogen) atoms. The predicted octanol–water partition coefficient (Wildman–Crippen LogP) is 1.07. The van der Waals surface area contributed by atoms with Crippen LogP contribution in [0.5, 0.6) is 0 Å². The van der Waals surface area contributed by atoms with E-state index in [9.17, 15) is 4.79 Å². The van der Waals surface area contributed by atoms with Gasteiger partial charge in [-0.2, -0.15) is 5.26 Å². The Hall–Kier alpha value is -1.84. The molecule has 1 saturated carbocycles. The maximum atomic E-state index is 12.7. The van der Waals surface area contributed by atoms with Gasteiger partial charge in [0.15, 0.2) is 0 Å². The van der Waals surface area contributed by atoms with E-state index in [-0.39, 0.29) is 12.0 Å². The molecule has 1 saturated heterocycles. The molecule has 3 rings (SSSR count). The standard InChI is InChI=1S/C16H22N4O2/c1-19-4-5-22-14(10-19)11-20(9-12-2-3-12)16(21)15-6-13(7-17)8-18-15/h6,8,12,14,18H,2-5,9-11H2,1H3/t14-/m0/s1. The summed E-state index contributed by atoms with van der Waals surface area (Å²) >= 11 is 0. The molecule has 0 unspecified atom stereocenters. The second kappa shape index (κ2) is 6.51. The Morgan fingerprint density at radius 3 is 3.00 bits per heavy atom. The van der Waals surface area contributed by atoms with Crippen LogP contribution in [0.4, 0.5) is 0 Å². The van der Waals surface area contributed by atoms with Gasteiger partial charge in [0.2, 0.25) is 0 Å². The predicted molar refractivity (Wildman–Crippen MR) is 81.4 cm³/mol. The largest absolute Gasteiger partial charge is 0.374 e. The normalized spacial score (nSPS) is 22.3. The molecule has 1 atom stereocenters. The summed E-state index contributed by atoms with van der Waals surface area (Å²) in [5, 5.41) is 8.90. The first-order chi connectivity index (χ1) is 10.7. The third kappa shape index (κ3) is 3.67. The number of nitriles is 1. The zero-order valence-corrected chi connectivity index (χ0v) is 12.9. The first-order valence-electron chi connectivity index (χ1n) is 7.83. The summed E-state index contributed by atoms with van der Waals surface area (Å²) in [4.78, 5) is 19.7. The molecule has 118 valence electrons. The van der Waals surface area contributed by atoms with Crippen molar-refractivity contribution in [2.75, 3.05) is 39.8 Å². The molecule has 1 aliphatic heterocycles. The Labute approximate surface area is 130 Å². The highest BCUT2D eigenvalue weighted by Crippen LogP contribution is 2.30. The fraction of sp³-hybridized carbons (Fsp3) is 0.625. The molecular weight excluding hydrogens is 280 g/mol. The topological polar surface area (TPSA) is 72.4 Å². The number of carbonyl (C=O) groups excluding carboxylic acids is 1. The molecule has 0 aromatic carbocycles. The number of likely N-dealkylation sites (N-methyl/N-ethyl adjacent to an activating group) is 1. The zero-order chi connectivity index (χ0) is 15.5. The van der Waals surface area contributed by atoms with Crippen LogP contribution in [0, 0.1) is 17.2 Å². The minimum atomic E-state index is -0.0368. The van der Waals surface area contributed by atoms with Crippen LogP contribution in [0.15, 0.2) is 12.3 Å². The van der Waals surface area contributed by atoms with Crippen LogP contribution < -0.4 is 0 Å². The van der Waals surface area contributed by atoms with Gasteiger partial charge < -0.3 is 19.5 Å². The molecular formula is C16H22N4O2. The Balaban J connectivity index is 1.68. The molecule has 6 nitrogen and oxygen atoms in total. The smallest absolute Gasteiger partial charge is 0.270 e. The summed E-state index contributed by atoms with van der Waals surface area (Å²) in [6.07, 6.45) is 4.03.